The van der Waals surface area contributed by atoms with Crippen LogP contribution in [0.25, 0.3) is 0 Å². The van der Waals surface area contributed by atoms with E-state index in [0.29, 0.717) is 5.92 Å². The van der Waals surface area contributed by atoms with Crippen LogP contribution in [0.1, 0.15) is 48.8 Å². The van der Waals surface area contributed by atoms with Crippen LogP contribution in [0, 0.1) is 24.1 Å². The first-order chi connectivity index (χ1) is 15.1. The first-order valence-corrected chi connectivity index (χ1v) is 11.5. The van der Waals surface area contributed by atoms with Crippen molar-refractivity contribution in [2.75, 3.05) is 51.1 Å². The molecule has 3 rings (SSSR count). The highest BCUT2D eigenvalue weighted by molar-refractivity contribution is 5.42. The average Bonchev–Trinajstić information content (AvgIpc) is 2.79. The van der Waals surface area contributed by atoms with Gasteiger partial charge in [0.1, 0.15) is 5.82 Å². The fourth-order valence-corrected chi connectivity index (χ4v) is 4.40. The summed E-state index contributed by atoms with van der Waals surface area (Å²) in [4.78, 5) is 5.09. The molecule has 0 radical (unpaired) electrons. The summed E-state index contributed by atoms with van der Waals surface area (Å²) in [6.07, 6.45) is 3.55. The molecule has 2 aromatic carbocycles. The van der Waals surface area contributed by atoms with Crippen molar-refractivity contribution in [3.05, 3.63) is 65.0 Å². The van der Waals surface area contributed by atoms with E-state index in [1.807, 2.05) is 13.0 Å². The van der Waals surface area contributed by atoms with E-state index < -0.39 is 0 Å². The van der Waals surface area contributed by atoms with Gasteiger partial charge in [0.25, 0.3) is 0 Å². The lowest BCUT2D eigenvalue weighted by atomic mass is 9.90. The van der Waals surface area contributed by atoms with Crippen LogP contribution < -0.4 is 5.32 Å². The molecular formula is C26H35FN4. The van der Waals surface area contributed by atoms with Gasteiger partial charge in [0.2, 0.25) is 0 Å². The molecule has 0 aliphatic carbocycles. The summed E-state index contributed by atoms with van der Waals surface area (Å²) in [5.74, 6) is 0.379. The van der Waals surface area contributed by atoms with Crippen LogP contribution in [0.4, 0.5) is 10.1 Å². The van der Waals surface area contributed by atoms with Gasteiger partial charge in [0.15, 0.2) is 0 Å². The lowest BCUT2D eigenvalue weighted by molar-refractivity contribution is 0.134. The first kappa shape index (κ1) is 23.2. The van der Waals surface area contributed by atoms with Crippen molar-refractivity contribution in [2.24, 2.45) is 0 Å². The van der Waals surface area contributed by atoms with E-state index >= 15 is 0 Å². The zero-order chi connectivity index (χ0) is 22.1. The summed E-state index contributed by atoms with van der Waals surface area (Å²) >= 11 is 0. The van der Waals surface area contributed by atoms with Crippen molar-refractivity contribution >= 4 is 5.69 Å². The Labute approximate surface area is 186 Å². The van der Waals surface area contributed by atoms with E-state index in [4.69, 9.17) is 5.26 Å². The number of aryl methyl sites for hydroxylation is 1. The third kappa shape index (κ3) is 7.05. The van der Waals surface area contributed by atoms with Gasteiger partial charge in [0.05, 0.1) is 11.6 Å². The molecule has 1 aliphatic rings. The van der Waals surface area contributed by atoms with Gasteiger partial charge in [-0.05, 0) is 80.1 Å². The van der Waals surface area contributed by atoms with Crippen molar-refractivity contribution in [1.82, 2.24) is 9.80 Å². The number of rotatable bonds is 10. The Bertz CT molecular complexity index is 851. The van der Waals surface area contributed by atoms with Crippen molar-refractivity contribution in [1.29, 1.82) is 5.26 Å². The minimum atomic E-state index is -0.195. The SMILES string of the molecule is CCC(CCCN1CCN(CCNc2ccc(F)cc2)CC1)c1ccc(C#N)c(C)c1. The molecule has 1 unspecified atom stereocenters. The van der Waals surface area contributed by atoms with Gasteiger partial charge < -0.3 is 10.2 Å². The Morgan fingerprint density at radius 1 is 1.03 bits per heavy atom. The molecule has 4 nitrogen and oxygen atoms in total. The number of piperazine rings is 1. The summed E-state index contributed by atoms with van der Waals surface area (Å²) in [7, 11) is 0. The topological polar surface area (TPSA) is 42.3 Å². The van der Waals surface area contributed by atoms with E-state index in [0.717, 1.165) is 69.0 Å². The molecule has 31 heavy (non-hydrogen) atoms. The average molecular weight is 423 g/mol. The Morgan fingerprint density at radius 2 is 1.71 bits per heavy atom. The van der Waals surface area contributed by atoms with Gasteiger partial charge in [-0.1, -0.05) is 19.1 Å². The molecule has 1 saturated heterocycles. The monoisotopic (exact) mass is 422 g/mol. The van der Waals surface area contributed by atoms with Gasteiger partial charge in [-0.25, -0.2) is 4.39 Å². The first-order valence-electron chi connectivity index (χ1n) is 11.5. The summed E-state index contributed by atoms with van der Waals surface area (Å²) in [5, 5.41) is 12.5. The molecule has 5 heteroatoms. The van der Waals surface area contributed by atoms with Crippen LogP contribution in [0.5, 0.6) is 0 Å². The summed E-state index contributed by atoms with van der Waals surface area (Å²) in [5.41, 5.74) is 4.22. The zero-order valence-electron chi connectivity index (χ0n) is 18.9. The maximum absolute atomic E-state index is 13.0. The fraction of sp³-hybridized carbons (Fsp3) is 0.500. The number of anilines is 1. The lowest BCUT2D eigenvalue weighted by Gasteiger charge is -2.35. The van der Waals surface area contributed by atoms with Crippen molar-refractivity contribution in [3.63, 3.8) is 0 Å². The molecule has 166 valence electrons. The highest BCUT2D eigenvalue weighted by atomic mass is 19.1. The second kappa shape index (κ2) is 11.8. The van der Waals surface area contributed by atoms with E-state index in [2.05, 4.69) is 40.2 Å². The number of nitrogens with one attached hydrogen (secondary N) is 1. The Morgan fingerprint density at radius 3 is 2.32 bits per heavy atom. The molecule has 0 bridgehead atoms. The molecule has 1 fully saturated rings. The summed E-state index contributed by atoms with van der Waals surface area (Å²) in [6, 6.07) is 15.1. The largest absolute Gasteiger partial charge is 0.384 e. The molecule has 1 N–H and O–H groups in total. The number of hydrogen-bond acceptors (Lipinski definition) is 4. The maximum Gasteiger partial charge on any atom is 0.123 e. The molecule has 0 aromatic heterocycles. The quantitative estimate of drug-likeness (QED) is 0.584. The maximum atomic E-state index is 13.0. The minimum absolute atomic E-state index is 0.195. The van der Waals surface area contributed by atoms with Crippen LogP contribution in [0.3, 0.4) is 0 Å². The van der Waals surface area contributed by atoms with Crippen molar-refractivity contribution < 1.29 is 4.39 Å². The number of halogens is 1. The molecule has 2 aromatic rings. The smallest absolute Gasteiger partial charge is 0.123 e. The number of benzene rings is 2. The van der Waals surface area contributed by atoms with Gasteiger partial charge in [-0.15, -0.1) is 0 Å². The van der Waals surface area contributed by atoms with Crippen LogP contribution >= 0.6 is 0 Å². The van der Waals surface area contributed by atoms with Crippen LogP contribution in [0.2, 0.25) is 0 Å². The highest BCUT2D eigenvalue weighted by Crippen LogP contribution is 2.26. The second-order valence-electron chi connectivity index (χ2n) is 8.55. The van der Waals surface area contributed by atoms with Crippen LogP contribution in [-0.4, -0.2) is 55.6 Å². The minimum Gasteiger partial charge on any atom is -0.384 e. The normalized spacial score (nSPS) is 16.1. The Kier molecular flexibility index (Phi) is 8.87. The standard InChI is InChI=1S/C26H35FN4/c1-3-22(23-6-7-24(20-28)21(2)19-23)5-4-13-30-15-17-31(18-16-30)14-12-29-26-10-8-25(27)9-11-26/h6-11,19,22,29H,3-5,12-18H2,1-2H3. The number of nitrogens with zero attached hydrogens (tertiary/aromatic N) is 3. The molecule has 0 saturated carbocycles. The molecule has 1 heterocycles. The van der Waals surface area contributed by atoms with E-state index in [-0.39, 0.29) is 5.82 Å². The van der Waals surface area contributed by atoms with Gasteiger partial charge in [-0.2, -0.15) is 5.26 Å². The van der Waals surface area contributed by atoms with E-state index in [9.17, 15) is 4.39 Å². The molecule has 1 atom stereocenters. The van der Waals surface area contributed by atoms with E-state index in [1.54, 1.807) is 12.1 Å². The number of nitriles is 1. The second-order valence-corrected chi connectivity index (χ2v) is 8.55. The van der Waals surface area contributed by atoms with Crippen molar-refractivity contribution in [3.8, 4) is 6.07 Å². The van der Waals surface area contributed by atoms with Crippen molar-refractivity contribution in [2.45, 2.75) is 39.0 Å². The van der Waals surface area contributed by atoms with Crippen LogP contribution in [0.15, 0.2) is 42.5 Å². The third-order valence-electron chi connectivity index (χ3n) is 6.43. The lowest BCUT2D eigenvalue weighted by Crippen LogP contribution is -2.47. The Balaban J connectivity index is 1.33. The van der Waals surface area contributed by atoms with Gasteiger partial charge in [0, 0.05) is 45.0 Å². The molecular weight excluding hydrogens is 387 g/mol. The zero-order valence-corrected chi connectivity index (χ0v) is 18.9. The van der Waals surface area contributed by atoms with Gasteiger partial charge >= 0.3 is 0 Å². The molecule has 0 amide bonds. The van der Waals surface area contributed by atoms with Gasteiger partial charge in [-0.3, -0.25) is 4.90 Å². The Hall–Kier alpha value is -2.42. The summed E-state index contributed by atoms with van der Waals surface area (Å²) < 4.78 is 13.0. The highest BCUT2D eigenvalue weighted by Gasteiger charge is 2.17. The van der Waals surface area contributed by atoms with E-state index in [1.165, 1.54) is 30.5 Å². The number of hydrogen-bond donors (Lipinski definition) is 1. The van der Waals surface area contributed by atoms with Crippen LogP contribution in [-0.2, 0) is 0 Å². The predicted molar refractivity (Wildman–Crippen MR) is 126 cm³/mol. The summed E-state index contributed by atoms with van der Waals surface area (Å²) in [6.45, 7) is 11.8. The third-order valence-corrected chi connectivity index (χ3v) is 6.43. The molecule has 0 spiro atoms. The molecule has 1 aliphatic heterocycles. The predicted octanol–water partition coefficient (Wildman–Crippen LogP) is 5.01. The fourth-order valence-electron chi connectivity index (χ4n) is 4.40.